The number of hydrogen-bond donors (Lipinski definition) is 0. The molecule has 0 bridgehead atoms. The summed E-state index contributed by atoms with van der Waals surface area (Å²) in [5, 5.41) is 0. The Morgan fingerprint density at radius 1 is 1.12 bits per heavy atom. The molecule has 0 fully saturated rings. The van der Waals surface area contributed by atoms with E-state index in [1.165, 1.54) is 0 Å². The molecule has 0 aromatic rings. The van der Waals surface area contributed by atoms with E-state index in [1.807, 2.05) is 6.08 Å². The summed E-state index contributed by atoms with van der Waals surface area (Å²) < 4.78 is 0. The molecule has 0 atom stereocenters. The fourth-order valence-electron chi connectivity index (χ4n) is 0.254. The van der Waals surface area contributed by atoms with E-state index in [-0.39, 0.29) is 0 Å². The van der Waals surface area contributed by atoms with Crippen LogP contribution in [-0.2, 0) is 0 Å². The third kappa shape index (κ3) is 3.59. The molecule has 0 saturated heterocycles. The van der Waals surface area contributed by atoms with Gasteiger partial charge in [-0.2, -0.15) is 0 Å². The molecule has 3 heteroatoms. The number of allylic oxidation sites excluding steroid dienone is 2. The molecule has 0 aromatic carbocycles. The van der Waals surface area contributed by atoms with E-state index in [4.69, 9.17) is 34.8 Å². The van der Waals surface area contributed by atoms with Crippen LogP contribution in [-0.4, -0.2) is 17.6 Å². The fraction of sp³-hybridized carbons (Fsp3) is 0.600. The molecule has 0 aromatic heterocycles. The highest BCUT2D eigenvalue weighted by molar-refractivity contribution is 6.24. The van der Waals surface area contributed by atoms with Crippen LogP contribution < -0.4 is 0 Å². The molecule has 48 valence electrons. The van der Waals surface area contributed by atoms with Crippen LogP contribution in [0.4, 0.5) is 0 Å². The second-order valence-corrected chi connectivity index (χ2v) is 2.13. The molecular weight excluding hydrogens is 166 g/mol. The van der Waals surface area contributed by atoms with Gasteiger partial charge in [0.25, 0.3) is 0 Å². The summed E-state index contributed by atoms with van der Waals surface area (Å²) in [6.45, 7) is 0. The minimum atomic E-state index is 0.482. The van der Waals surface area contributed by atoms with Crippen molar-refractivity contribution in [3.63, 3.8) is 0 Å². The second kappa shape index (κ2) is 5.74. The van der Waals surface area contributed by atoms with E-state index < -0.39 is 0 Å². The Morgan fingerprint density at radius 2 is 1.62 bits per heavy atom. The molecular formula is C5H7Cl3. The van der Waals surface area contributed by atoms with E-state index in [0.717, 1.165) is 5.57 Å². The molecule has 0 amide bonds. The standard InChI is InChI=1S/C5H7Cl3/c6-2-1-5(3-7)4-8/h1H,2-4H2. The Hall–Kier alpha value is 0.610. The first-order valence-corrected chi connectivity index (χ1v) is 3.81. The van der Waals surface area contributed by atoms with Gasteiger partial charge in [-0.1, -0.05) is 6.08 Å². The average Bonchev–Trinajstić information content (AvgIpc) is 1.83. The van der Waals surface area contributed by atoms with Gasteiger partial charge < -0.3 is 0 Å². The topological polar surface area (TPSA) is 0 Å². The van der Waals surface area contributed by atoms with Gasteiger partial charge in [-0.25, -0.2) is 0 Å². The highest BCUT2D eigenvalue weighted by Crippen LogP contribution is 2.00. The van der Waals surface area contributed by atoms with Gasteiger partial charge in [0.15, 0.2) is 0 Å². The zero-order valence-corrected chi connectivity index (χ0v) is 6.60. The molecule has 0 aliphatic heterocycles. The molecule has 0 aliphatic carbocycles. The molecule has 8 heavy (non-hydrogen) atoms. The molecule has 0 unspecified atom stereocenters. The largest absolute Gasteiger partial charge is 0.122 e. The Bertz CT molecular complexity index is 71.7. The summed E-state index contributed by atoms with van der Waals surface area (Å²) in [5.74, 6) is 1.46. The molecule has 0 nitrogen and oxygen atoms in total. The monoisotopic (exact) mass is 172 g/mol. The number of rotatable bonds is 3. The minimum absolute atomic E-state index is 0.482. The maximum absolute atomic E-state index is 5.44. The summed E-state index contributed by atoms with van der Waals surface area (Å²) in [4.78, 5) is 0. The summed E-state index contributed by atoms with van der Waals surface area (Å²) in [5.41, 5.74) is 0.989. The zero-order chi connectivity index (χ0) is 6.41. The summed E-state index contributed by atoms with van der Waals surface area (Å²) in [7, 11) is 0. The lowest BCUT2D eigenvalue weighted by molar-refractivity contribution is 1.38. The Morgan fingerprint density at radius 3 is 1.75 bits per heavy atom. The van der Waals surface area contributed by atoms with Crippen LogP contribution >= 0.6 is 34.8 Å². The normalized spacial score (nSPS) is 8.88. The number of alkyl halides is 3. The lowest BCUT2D eigenvalue weighted by Crippen LogP contribution is -1.85. The van der Waals surface area contributed by atoms with Crippen LogP contribution in [0, 0.1) is 0 Å². The minimum Gasteiger partial charge on any atom is -0.122 e. The third-order valence-electron chi connectivity index (χ3n) is 0.709. The first-order valence-electron chi connectivity index (χ1n) is 2.21. The van der Waals surface area contributed by atoms with Gasteiger partial charge in [0.1, 0.15) is 0 Å². The summed E-state index contributed by atoms with van der Waals surface area (Å²) in [6.07, 6.45) is 1.82. The van der Waals surface area contributed by atoms with Crippen molar-refractivity contribution >= 4 is 34.8 Å². The van der Waals surface area contributed by atoms with Crippen molar-refractivity contribution in [2.45, 2.75) is 0 Å². The first kappa shape index (κ1) is 8.61. The predicted molar refractivity (Wildman–Crippen MR) is 40.2 cm³/mol. The SMILES string of the molecule is ClCC=C(CCl)CCl. The first-order chi connectivity index (χ1) is 3.85. The van der Waals surface area contributed by atoms with Gasteiger partial charge in [-0.15, -0.1) is 34.8 Å². The van der Waals surface area contributed by atoms with Crippen LogP contribution in [0.15, 0.2) is 11.6 Å². The predicted octanol–water partition coefficient (Wildman–Crippen LogP) is 2.63. The highest BCUT2D eigenvalue weighted by atomic mass is 35.5. The van der Waals surface area contributed by atoms with Crippen molar-refractivity contribution < 1.29 is 0 Å². The van der Waals surface area contributed by atoms with Crippen LogP contribution in [0.2, 0.25) is 0 Å². The summed E-state index contributed by atoms with van der Waals surface area (Å²) >= 11 is 16.2. The molecule has 0 N–H and O–H groups in total. The summed E-state index contributed by atoms with van der Waals surface area (Å²) in [6, 6.07) is 0. The van der Waals surface area contributed by atoms with Crippen LogP contribution in [0.5, 0.6) is 0 Å². The van der Waals surface area contributed by atoms with Crippen molar-refractivity contribution in [3.05, 3.63) is 11.6 Å². The Labute approximate surface area is 64.4 Å². The van der Waals surface area contributed by atoms with E-state index >= 15 is 0 Å². The lowest BCUT2D eigenvalue weighted by Gasteiger charge is -1.91. The lowest BCUT2D eigenvalue weighted by atomic mass is 10.3. The molecule has 0 heterocycles. The van der Waals surface area contributed by atoms with E-state index in [1.54, 1.807) is 0 Å². The molecule has 0 rings (SSSR count). The van der Waals surface area contributed by atoms with Crippen molar-refractivity contribution in [3.8, 4) is 0 Å². The van der Waals surface area contributed by atoms with E-state index in [0.29, 0.717) is 17.6 Å². The number of hydrogen-bond acceptors (Lipinski definition) is 0. The quantitative estimate of drug-likeness (QED) is 0.455. The average molecular weight is 173 g/mol. The Kier molecular flexibility index (Phi) is 6.18. The molecule has 0 spiro atoms. The van der Waals surface area contributed by atoms with E-state index in [9.17, 15) is 0 Å². The van der Waals surface area contributed by atoms with Crippen LogP contribution in [0.3, 0.4) is 0 Å². The van der Waals surface area contributed by atoms with Crippen molar-refractivity contribution in [2.24, 2.45) is 0 Å². The maximum Gasteiger partial charge on any atom is 0.0445 e. The van der Waals surface area contributed by atoms with Crippen LogP contribution in [0.25, 0.3) is 0 Å². The van der Waals surface area contributed by atoms with Gasteiger partial charge in [-0.05, 0) is 5.57 Å². The van der Waals surface area contributed by atoms with Gasteiger partial charge in [0.05, 0.1) is 0 Å². The maximum atomic E-state index is 5.44. The van der Waals surface area contributed by atoms with Gasteiger partial charge in [0.2, 0.25) is 0 Å². The van der Waals surface area contributed by atoms with E-state index in [2.05, 4.69) is 0 Å². The van der Waals surface area contributed by atoms with Crippen molar-refractivity contribution in [1.82, 2.24) is 0 Å². The van der Waals surface area contributed by atoms with Gasteiger partial charge >= 0.3 is 0 Å². The van der Waals surface area contributed by atoms with Crippen molar-refractivity contribution in [1.29, 1.82) is 0 Å². The Balaban J connectivity index is 3.49. The molecule has 0 saturated carbocycles. The molecule has 0 radical (unpaired) electrons. The fourth-order valence-corrected chi connectivity index (χ4v) is 0.976. The van der Waals surface area contributed by atoms with Gasteiger partial charge in [0, 0.05) is 17.6 Å². The van der Waals surface area contributed by atoms with Gasteiger partial charge in [-0.3, -0.25) is 0 Å². The number of halogens is 3. The van der Waals surface area contributed by atoms with Crippen molar-refractivity contribution in [2.75, 3.05) is 17.6 Å². The highest BCUT2D eigenvalue weighted by Gasteiger charge is 1.88. The van der Waals surface area contributed by atoms with Crippen LogP contribution in [0.1, 0.15) is 0 Å². The second-order valence-electron chi connectivity index (χ2n) is 1.28. The zero-order valence-electron chi connectivity index (χ0n) is 4.33. The third-order valence-corrected chi connectivity index (χ3v) is 1.55. The molecule has 0 aliphatic rings. The smallest absolute Gasteiger partial charge is 0.0445 e.